The van der Waals surface area contributed by atoms with E-state index < -0.39 is 0 Å². The van der Waals surface area contributed by atoms with Gasteiger partial charge in [0.2, 0.25) is 5.91 Å². The summed E-state index contributed by atoms with van der Waals surface area (Å²) in [4.78, 5) is 12.4. The summed E-state index contributed by atoms with van der Waals surface area (Å²) in [5.41, 5.74) is 8.04. The Morgan fingerprint density at radius 3 is 2.40 bits per heavy atom. The summed E-state index contributed by atoms with van der Waals surface area (Å²) in [6.45, 7) is 3.22. The molecule has 0 heterocycles. The van der Waals surface area contributed by atoms with Gasteiger partial charge in [-0.25, -0.2) is 0 Å². The van der Waals surface area contributed by atoms with E-state index in [-0.39, 0.29) is 23.7 Å². The standard InChI is InChI=1S/C16H24N2O.ClH/c1-2-13-7-3-4-8-14(13)11-18-15(19)16(12-17)9-5-6-10-16;/h3-4,7-8H,2,5-6,9-12,17H2,1H3,(H,18,19);1H. The molecule has 3 nitrogen and oxygen atoms in total. The predicted octanol–water partition coefficient (Wildman–Crippen LogP) is 2.81. The maximum absolute atomic E-state index is 12.4. The van der Waals surface area contributed by atoms with Crippen LogP contribution in [-0.2, 0) is 17.8 Å². The summed E-state index contributed by atoms with van der Waals surface area (Å²) >= 11 is 0. The molecular weight excluding hydrogens is 272 g/mol. The van der Waals surface area contributed by atoms with Crippen molar-refractivity contribution in [1.82, 2.24) is 5.32 Å². The van der Waals surface area contributed by atoms with Gasteiger partial charge in [0, 0.05) is 13.1 Å². The van der Waals surface area contributed by atoms with Gasteiger partial charge in [-0.2, -0.15) is 0 Å². The highest BCUT2D eigenvalue weighted by atomic mass is 35.5. The first kappa shape index (κ1) is 17.0. The van der Waals surface area contributed by atoms with E-state index in [9.17, 15) is 4.79 Å². The summed E-state index contributed by atoms with van der Waals surface area (Å²) in [5, 5.41) is 3.09. The van der Waals surface area contributed by atoms with Crippen LogP contribution in [0.4, 0.5) is 0 Å². The largest absolute Gasteiger partial charge is 0.351 e. The second-order valence-electron chi connectivity index (χ2n) is 5.50. The molecule has 2 rings (SSSR count). The van der Waals surface area contributed by atoms with Crippen molar-refractivity contribution in [2.24, 2.45) is 11.1 Å². The highest BCUT2D eigenvalue weighted by Gasteiger charge is 2.39. The number of hydrogen-bond acceptors (Lipinski definition) is 2. The van der Waals surface area contributed by atoms with Gasteiger partial charge in [0.25, 0.3) is 0 Å². The van der Waals surface area contributed by atoms with Crippen LogP contribution in [0, 0.1) is 5.41 Å². The molecule has 1 amide bonds. The molecule has 4 heteroatoms. The smallest absolute Gasteiger partial charge is 0.227 e. The van der Waals surface area contributed by atoms with Crippen molar-refractivity contribution in [1.29, 1.82) is 0 Å². The molecule has 0 unspecified atom stereocenters. The third-order valence-corrected chi connectivity index (χ3v) is 4.37. The van der Waals surface area contributed by atoms with E-state index in [4.69, 9.17) is 5.73 Å². The van der Waals surface area contributed by atoms with Crippen molar-refractivity contribution in [2.45, 2.75) is 45.6 Å². The quantitative estimate of drug-likeness (QED) is 0.878. The molecule has 1 saturated carbocycles. The van der Waals surface area contributed by atoms with E-state index in [0.717, 1.165) is 32.1 Å². The summed E-state index contributed by atoms with van der Waals surface area (Å²) < 4.78 is 0. The molecular formula is C16H25ClN2O. The van der Waals surface area contributed by atoms with E-state index in [1.807, 2.05) is 12.1 Å². The second kappa shape index (κ2) is 7.65. The van der Waals surface area contributed by atoms with E-state index in [1.54, 1.807) is 0 Å². The minimum atomic E-state index is -0.304. The molecule has 1 aliphatic rings. The number of aryl methyl sites for hydroxylation is 1. The maximum Gasteiger partial charge on any atom is 0.227 e. The van der Waals surface area contributed by atoms with Crippen LogP contribution in [0.3, 0.4) is 0 Å². The van der Waals surface area contributed by atoms with Crippen molar-refractivity contribution in [2.75, 3.05) is 6.54 Å². The first-order valence-electron chi connectivity index (χ1n) is 7.27. The Labute approximate surface area is 127 Å². The lowest BCUT2D eigenvalue weighted by Crippen LogP contribution is -2.43. The van der Waals surface area contributed by atoms with Gasteiger partial charge in [-0.3, -0.25) is 4.79 Å². The Morgan fingerprint density at radius 2 is 1.85 bits per heavy atom. The molecule has 1 aromatic carbocycles. The van der Waals surface area contributed by atoms with Gasteiger partial charge >= 0.3 is 0 Å². The second-order valence-corrected chi connectivity index (χ2v) is 5.50. The van der Waals surface area contributed by atoms with Crippen LogP contribution in [0.15, 0.2) is 24.3 Å². The molecule has 1 aliphatic carbocycles. The Kier molecular flexibility index (Phi) is 6.50. The minimum Gasteiger partial charge on any atom is -0.351 e. The van der Waals surface area contributed by atoms with Crippen molar-refractivity contribution in [3.05, 3.63) is 35.4 Å². The normalized spacial score (nSPS) is 16.5. The highest BCUT2D eigenvalue weighted by Crippen LogP contribution is 2.37. The number of nitrogens with two attached hydrogens (primary N) is 1. The molecule has 0 saturated heterocycles. The lowest BCUT2D eigenvalue weighted by molar-refractivity contribution is -0.130. The zero-order valence-corrected chi connectivity index (χ0v) is 13.0. The van der Waals surface area contributed by atoms with E-state index in [0.29, 0.717) is 13.1 Å². The summed E-state index contributed by atoms with van der Waals surface area (Å²) in [6, 6.07) is 8.27. The van der Waals surface area contributed by atoms with Crippen LogP contribution in [0.1, 0.15) is 43.7 Å². The minimum absolute atomic E-state index is 0. The molecule has 3 N–H and O–H groups in total. The zero-order valence-electron chi connectivity index (χ0n) is 12.2. The number of carbonyl (C=O) groups is 1. The van der Waals surface area contributed by atoms with Crippen LogP contribution in [0.2, 0.25) is 0 Å². The van der Waals surface area contributed by atoms with Gasteiger partial charge in [-0.15, -0.1) is 12.4 Å². The Balaban J connectivity index is 0.00000200. The van der Waals surface area contributed by atoms with Gasteiger partial charge in [0.05, 0.1) is 5.41 Å². The number of benzene rings is 1. The number of rotatable bonds is 5. The summed E-state index contributed by atoms with van der Waals surface area (Å²) in [6.07, 6.45) is 5.11. The van der Waals surface area contributed by atoms with Crippen molar-refractivity contribution < 1.29 is 4.79 Å². The maximum atomic E-state index is 12.4. The van der Waals surface area contributed by atoms with Crippen molar-refractivity contribution in [3.8, 4) is 0 Å². The SMILES string of the molecule is CCc1ccccc1CNC(=O)C1(CN)CCCC1.Cl. The molecule has 0 aliphatic heterocycles. The van der Waals surface area contributed by atoms with Crippen LogP contribution < -0.4 is 11.1 Å². The Morgan fingerprint density at radius 1 is 1.25 bits per heavy atom. The van der Waals surface area contributed by atoms with Crippen LogP contribution >= 0.6 is 12.4 Å². The topological polar surface area (TPSA) is 55.1 Å². The van der Waals surface area contributed by atoms with Crippen LogP contribution in [0.5, 0.6) is 0 Å². The zero-order chi connectivity index (χ0) is 13.7. The first-order valence-corrected chi connectivity index (χ1v) is 7.27. The molecule has 0 atom stereocenters. The average Bonchev–Trinajstić information content (AvgIpc) is 2.95. The summed E-state index contributed by atoms with van der Waals surface area (Å²) in [5.74, 6) is 0.137. The predicted molar refractivity (Wildman–Crippen MR) is 84.9 cm³/mol. The van der Waals surface area contributed by atoms with Gasteiger partial charge < -0.3 is 11.1 Å². The van der Waals surface area contributed by atoms with Crippen molar-refractivity contribution in [3.63, 3.8) is 0 Å². The Bertz CT molecular complexity index is 442. The lowest BCUT2D eigenvalue weighted by atomic mass is 9.85. The summed E-state index contributed by atoms with van der Waals surface area (Å²) in [7, 11) is 0. The fourth-order valence-corrected chi connectivity index (χ4v) is 3.01. The lowest BCUT2D eigenvalue weighted by Gasteiger charge is -2.26. The fourth-order valence-electron chi connectivity index (χ4n) is 3.01. The molecule has 0 aromatic heterocycles. The third kappa shape index (κ3) is 3.53. The van der Waals surface area contributed by atoms with Gasteiger partial charge in [-0.1, -0.05) is 44.0 Å². The number of hydrogen-bond donors (Lipinski definition) is 2. The van der Waals surface area contributed by atoms with E-state index >= 15 is 0 Å². The van der Waals surface area contributed by atoms with Gasteiger partial charge in [0.1, 0.15) is 0 Å². The van der Waals surface area contributed by atoms with Crippen LogP contribution in [-0.4, -0.2) is 12.5 Å². The van der Waals surface area contributed by atoms with Gasteiger partial charge in [0.15, 0.2) is 0 Å². The number of amides is 1. The van der Waals surface area contributed by atoms with E-state index in [1.165, 1.54) is 11.1 Å². The molecule has 112 valence electrons. The van der Waals surface area contributed by atoms with Gasteiger partial charge in [-0.05, 0) is 30.4 Å². The fraction of sp³-hybridized carbons (Fsp3) is 0.562. The molecule has 1 fully saturated rings. The molecule has 1 aromatic rings. The van der Waals surface area contributed by atoms with Crippen molar-refractivity contribution >= 4 is 18.3 Å². The third-order valence-electron chi connectivity index (χ3n) is 4.37. The number of halogens is 1. The highest BCUT2D eigenvalue weighted by molar-refractivity contribution is 5.85. The first-order chi connectivity index (χ1) is 9.22. The molecule has 0 radical (unpaired) electrons. The Hall–Kier alpha value is -1.06. The number of nitrogens with one attached hydrogen (secondary N) is 1. The molecule has 0 spiro atoms. The molecule has 0 bridgehead atoms. The van der Waals surface area contributed by atoms with Crippen LogP contribution in [0.25, 0.3) is 0 Å². The van der Waals surface area contributed by atoms with E-state index in [2.05, 4.69) is 24.4 Å². The monoisotopic (exact) mass is 296 g/mol. The molecule has 20 heavy (non-hydrogen) atoms. The average molecular weight is 297 g/mol. The number of carbonyl (C=O) groups excluding carboxylic acids is 1.